The fourth-order valence-corrected chi connectivity index (χ4v) is 2.21. The number of hydrogen-bond acceptors (Lipinski definition) is 2. The van der Waals surface area contributed by atoms with Gasteiger partial charge in [0.15, 0.2) is 0 Å². The molecule has 0 saturated heterocycles. The zero-order chi connectivity index (χ0) is 12.3. The quantitative estimate of drug-likeness (QED) is 0.811. The van der Waals surface area contributed by atoms with Crippen molar-refractivity contribution in [2.24, 2.45) is 5.92 Å². The normalized spacial score (nSPS) is 20.1. The molecule has 1 saturated carbocycles. The van der Waals surface area contributed by atoms with Crippen LogP contribution >= 0.6 is 0 Å². The molecular weight excluding hydrogens is 224 g/mol. The lowest BCUT2D eigenvalue weighted by molar-refractivity contribution is -0.126. The second-order valence-electron chi connectivity index (χ2n) is 4.63. The van der Waals surface area contributed by atoms with Crippen LogP contribution in [0.1, 0.15) is 31.2 Å². The van der Waals surface area contributed by atoms with Crippen molar-refractivity contribution in [3.05, 3.63) is 30.1 Å². The minimum absolute atomic E-state index is 0.0634. The molecule has 1 heterocycles. The lowest BCUT2D eigenvalue weighted by atomic mass is 9.82. The minimum atomic E-state index is -2.56. The van der Waals surface area contributed by atoms with E-state index in [9.17, 15) is 13.6 Å². The third-order valence-electron chi connectivity index (χ3n) is 3.27. The second kappa shape index (κ2) is 4.90. The van der Waals surface area contributed by atoms with Crippen LogP contribution in [0, 0.1) is 5.92 Å². The van der Waals surface area contributed by atoms with Crippen LogP contribution in [0.25, 0.3) is 0 Å². The molecule has 1 aromatic rings. The fourth-order valence-electron chi connectivity index (χ4n) is 2.21. The highest BCUT2D eigenvalue weighted by atomic mass is 19.3. The smallest absolute Gasteiger partial charge is 0.248 e. The summed E-state index contributed by atoms with van der Waals surface area (Å²) in [4.78, 5) is 15.8. The van der Waals surface area contributed by atoms with Crippen molar-refractivity contribution in [1.82, 2.24) is 4.98 Å². The summed E-state index contributed by atoms with van der Waals surface area (Å²) in [6, 6.07) is 3.61. The van der Waals surface area contributed by atoms with E-state index >= 15 is 0 Å². The number of hydrogen-bond donors (Lipinski definition) is 0. The number of pyridine rings is 1. The summed E-state index contributed by atoms with van der Waals surface area (Å²) >= 11 is 0. The lowest BCUT2D eigenvalue weighted by Crippen LogP contribution is -2.29. The summed E-state index contributed by atoms with van der Waals surface area (Å²) in [5.74, 6) is -2.70. The third-order valence-corrected chi connectivity index (χ3v) is 3.27. The van der Waals surface area contributed by atoms with E-state index in [0.717, 1.165) is 5.56 Å². The molecule has 0 aromatic carbocycles. The van der Waals surface area contributed by atoms with Crippen molar-refractivity contribution in [2.75, 3.05) is 0 Å². The summed E-state index contributed by atoms with van der Waals surface area (Å²) in [5, 5.41) is 0. The molecule has 0 bridgehead atoms. The molecule has 0 atom stereocenters. The van der Waals surface area contributed by atoms with Crippen molar-refractivity contribution in [2.45, 2.75) is 38.0 Å². The molecule has 2 rings (SSSR count). The first-order valence-corrected chi connectivity index (χ1v) is 5.86. The van der Waals surface area contributed by atoms with Crippen LogP contribution in [-0.2, 0) is 11.2 Å². The van der Waals surface area contributed by atoms with E-state index in [2.05, 4.69) is 4.98 Å². The highest BCUT2D eigenvalue weighted by Crippen LogP contribution is 2.36. The standard InChI is InChI=1S/C13H15F2NO/c14-13(15)5-3-11(4-6-13)12(17)8-10-2-1-7-16-9-10/h1-2,7,9,11H,3-6,8H2. The number of nitrogens with zero attached hydrogens (tertiary/aromatic N) is 1. The Morgan fingerprint density at radius 1 is 1.41 bits per heavy atom. The molecule has 0 N–H and O–H groups in total. The van der Waals surface area contributed by atoms with Crippen LogP contribution in [0.5, 0.6) is 0 Å². The van der Waals surface area contributed by atoms with Gasteiger partial charge in [0.25, 0.3) is 0 Å². The summed E-state index contributed by atoms with van der Waals surface area (Å²) in [6.45, 7) is 0. The average Bonchev–Trinajstić information content (AvgIpc) is 2.30. The van der Waals surface area contributed by atoms with Gasteiger partial charge in [0.2, 0.25) is 5.92 Å². The maximum Gasteiger partial charge on any atom is 0.248 e. The largest absolute Gasteiger partial charge is 0.299 e. The van der Waals surface area contributed by atoms with E-state index in [1.54, 1.807) is 18.5 Å². The van der Waals surface area contributed by atoms with Crippen molar-refractivity contribution in [3.8, 4) is 0 Å². The molecule has 92 valence electrons. The number of alkyl halides is 2. The fraction of sp³-hybridized carbons (Fsp3) is 0.538. The maximum atomic E-state index is 12.9. The SMILES string of the molecule is O=C(Cc1cccnc1)C1CCC(F)(F)CC1. The van der Waals surface area contributed by atoms with Gasteiger partial charge in [-0.15, -0.1) is 0 Å². The number of halogens is 2. The molecule has 0 amide bonds. The number of rotatable bonds is 3. The van der Waals surface area contributed by atoms with Gasteiger partial charge in [-0.05, 0) is 24.5 Å². The highest BCUT2D eigenvalue weighted by molar-refractivity contribution is 5.83. The highest BCUT2D eigenvalue weighted by Gasteiger charge is 2.37. The number of carbonyl (C=O) groups is 1. The summed E-state index contributed by atoms with van der Waals surface area (Å²) in [6.07, 6.45) is 3.92. The van der Waals surface area contributed by atoms with E-state index in [1.807, 2.05) is 6.07 Å². The van der Waals surface area contributed by atoms with Gasteiger partial charge in [0, 0.05) is 37.6 Å². The zero-order valence-corrected chi connectivity index (χ0v) is 9.53. The molecule has 0 unspecified atom stereocenters. The topological polar surface area (TPSA) is 30.0 Å². The predicted molar refractivity (Wildman–Crippen MR) is 59.9 cm³/mol. The number of carbonyl (C=O) groups excluding carboxylic acids is 1. The Morgan fingerprint density at radius 2 is 2.12 bits per heavy atom. The molecule has 0 aliphatic heterocycles. The Labute approximate surface area is 99.1 Å². The van der Waals surface area contributed by atoms with Gasteiger partial charge in [0.1, 0.15) is 5.78 Å². The Balaban J connectivity index is 1.90. The molecule has 1 aliphatic carbocycles. The molecule has 4 heteroatoms. The zero-order valence-electron chi connectivity index (χ0n) is 9.53. The molecule has 1 aliphatic rings. The Morgan fingerprint density at radius 3 is 2.71 bits per heavy atom. The van der Waals surface area contributed by atoms with Crippen LogP contribution in [-0.4, -0.2) is 16.7 Å². The summed E-state index contributed by atoms with van der Waals surface area (Å²) in [7, 11) is 0. The van der Waals surface area contributed by atoms with Crippen molar-refractivity contribution in [1.29, 1.82) is 0 Å². The van der Waals surface area contributed by atoms with Crippen LogP contribution in [0.15, 0.2) is 24.5 Å². The predicted octanol–water partition coefficient (Wildman–Crippen LogP) is 3.02. The second-order valence-corrected chi connectivity index (χ2v) is 4.63. The van der Waals surface area contributed by atoms with Gasteiger partial charge in [0.05, 0.1) is 0 Å². The van der Waals surface area contributed by atoms with Crippen LogP contribution < -0.4 is 0 Å². The van der Waals surface area contributed by atoms with E-state index in [-0.39, 0.29) is 24.5 Å². The number of ketones is 1. The third kappa shape index (κ3) is 3.32. The first kappa shape index (κ1) is 12.1. The maximum absolute atomic E-state index is 12.9. The van der Waals surface area contributed by atoms with E-state index in [4.69, 9.17) is 0 Å². The van der Waals surface area contributed by atoms with E-state index < -0.39 is 5.92 Å². The monoisotopic (exact) mass is 239 g/mol. The van der Waals surface area contributed by atoms with Crippen LogP contribution in [0.2, 0.25) is 0 Å². The van der Waals surface area contributed by atoms with Crippen LogP contribution in [0.3, 0.4) is 0 Å². The number of aromatic nitrogens is 1. The Kier molecular flexibility index (Phi) is 3.50. The lowest BCUT2D eigenvalue weighted by Gasteiger charge is -2.27. The molecule has 1 aromatic heterocycles. The first-order valence-electron chi connectivity index (χ1n) is 5.86. The molecule has 2 nitrogen and oxygen atoms in total. The van der Waals surface area contributed by atoms with Crippen molar-refractivity contribution in [3.63, 3.8) is 0 Å². The summed E-state index contributed by atoms with van der Waals surface area (Å²) < 4.78 is 25.9. The van der Waals surface area contributed by atoms with Gasteiger partial charge in [-0.25, -0.2) is 8.78 Å². The van der Waals surface area contributed by atoms with E-state index in [1.165, 1.54) is 0 Å². The molecular formula is C13H15F2NO. The van der Waals surface area contributed by atoms with Gasteiger partial charge in [-0.2, -0.15) is 0 Å². The van der Waals surface area contributed by atoms with E-state index in [0.29, 0.717) is 19.3 Å². The first-order chi connectivity index (χ1) is 8.07. The molecule has 0 radical (unpaired) electrons. The number of Topliss-reactive ketones (excluding diaryl/α,β-unsaturated/α-hetero) is 1. The minimum Gasteiger partial charge on any atom is -0.299 e. The Hall–Kier alpha value is -1.32. The van der Waals surface area contributed by atoms with Gasteiger partial charge in [-0.3, -0.25) is 9.78 Å². The molecule has 1 fully saturated rings. The Bertz CT molecular complexity index is 382. The van der Waals surface area contributed by atoms with Gasteiger partial charge in [-0.1, -0.05) is 6.07 Å². The van der Waals surface area contributed by atoms with Crippen molar-refractivity contribution < 1.29 is 13.6 Å². The average molecular weight is 239 g/mol. The molecule has 17 heavy (non-hydrogen) atoms. The molecule has 0 spiro atoms. The summed E-state index contributed by atoms with van der Waals surface area (Å²) in [5.41, 5.74) is 0.856. The van der Waals surface area contributed by atoms with Crippen LogP contribution in [0.4, 0.5) is 8.78 Å². The van der Waals surface area contributed by atoms with Gasteiger partial charge < -0.3 is 0 Å². The van der Waals surface area contributed by atoms with Gasteiger partial charge >= 0.3 is 0 Å². The van der Waals surface area contributed by atoms with Crippen molar-refractivity contribution >= 4 is 5.78 Å².